The molecule has 1 saturated heterocycles. The molecule has 0 amide bonds. The van der Waals surface area contributed by atoms with Crippen molar-refractivity contribution in [1.29, 1.82) is 0 Å². The highest BCUT2D eigenvalue weighted by atomic mass is 16.9. The Morgan fingerprint density at radius 1 is 1.00 bits per heavy atom. The largest absolute Gasteiger partial charge is 0.325 e. The van der Waals surface area contributed by atoms with Gasteiger partial charge in [-0.15, -0.1) is 0 Å². The van der Waals surface area contributed by atoms with E-state index in [1.807, 2.05) is 53.6 Å². The number of hydroxylamine groups is 1. The van der Waals surface area contributed by atoms with Gasteiger partial charge in [-0.1, -0.05) is 48.5 Å². The summed E-state index contributed by atoms with van der Waals surface area (Å²) in [6, 6.07) is 20.4. The molecule has 0 aliphatic carbocycles. The molecule has 1 aliphatic heterocycles. The predicted molar refractivity (Wildman–Crippen MR) is 74.5 cm³/mol. The second kappa shape index (κ2) is 5.03. The first-order valence-corrected chi connectivity index (χ1v) is 6.44. The fraction of sp³-hybridized carbons (Fsp3) is 0.250. The van der Waals surface area contributed by atoms with Crippen molar-refractivity contribution in [2.45, 2.75) is 19.1 Å². The molecule has 1 unspecified atom stereocenters. The molecule has 0 saturated carbocycles. The van der Waals surface area contributed by atoms with E-state index >= 15 is 0 Å². The van der Waals surface area contributed by atoms with Crippen LogP contribution in [0.25, 0.3) is 0 Å². The molecule has 2 aromatic rings. The van der Waals surface area contributed by atoms with E-state index in [1.54, 1.807) is 0 Å². The van der Waals surface area contributed by atoms with Gasteiger partial charge in [-0.25, -0.2) is 9.90 Å². The van der Waals surface area contributed by atoms with E-state index in [1.165, 1.54) is 5.56 Å². The third-order valence-electron chi connectivity index (χ3n) is 3.35. The number of anilines is 1. The third-order valence-corrected chi connectivity index (χ3v) is 3.35. The van der Waals surface area contributed by atoms with Crippen molar-refractivity contribution >= 4 is 5.69 Å². The summed E-state index contributed by atoms with van der Waals surface area (Å²) in [6.45, 7) is 2.35. The molecule has 1 atom stereocenters. The average molecular weight is 255 g/mol. The lowest BCUT2D eigenvalue weighted by molar-refractivity contribution is 0.00230. The Balaban J connectivity index is 1.86. The highest BCUT2D eigenvalue weighted by molar-refractivity contribution is 5.46. The lowest BCUT2D eigenvalue weighted by atomic mass is 10.0. The van der Waals surface area contributed by atoms with Gasteiger partial charge in [-0.2, -0.15) is 0 Å². The zero-order valence-electron chi connectivity index (χ0n) is 11.0. The molecular weight excluding hydrogens is 238 g/mol. The van der Waals surface area contributed by atoms with Gasteiger partial charge in [-0.3, -0.25) is 0 Å². The van der Waals surface area contributed by atoms with Crippen LogP contribution in [-0.2, 0) is 16.0 Å². The number of nitrogens with zero attached hydrogens (tertiary/aromatic N) is 1. The van der Waals surface area contributed by atoms with Gasteiger partial charge in [0.2, 0.25) is 0 Å². The van der Waals surface area contributed by atoms with Gasteiger partial charge in [-0.05, 0) is 24.6 Å². The van der Waals surface area contributed by atoms with Crippen LogP contribution in [0, 0.1) is 0 Å². The van der Waals surface area contributed by atoms with Crippen LogP contribution < -0.4 is 5.06 Å². The highest BCUT2D eigenvalue weighted by Gasteiger charge is 2.39. The smallest absolute Gasteiger partial charge is 0.176 e. The van der Waals surface area contributed by atoms with Crippen molar-refractivity contribution in [1.82, 2.24) is 0 Å². The summed E-state index contributed by atoms with van der Waals surface area (Å²) >= 11 is 0. The predicted octanol–water partition coefficient (Wildman–Crippen LogP) is 3.37. The summed E-state index contributed by atoms with van der Waals surface area (Å²) in [5, 5.41) is 1.86. The first kappa shape index (κ1) is 12.2. The van der Waals surface area contributed by atoms with Crippen LogP contribution in [0.1, 0.15) is 12.5 Å². The first-order valence-electron chi connectivity index (χ1n) is 6.44. The van der Waals surface area contributed by atoms with Crippen LogP contribution in [0.15, 0.2) is 60.7 Å². The molecule has 0 N–H and O–H groups in total. The average Bonchev–Trinajstić information content (AvgIpc) is 2.82. The van der Waals surface area contributed by atoms with Crippen LogP contribution in [0.5, 0.6) is 0 Å². The molecule has 3 nitrogen and oxygen atoms in total. The molecular formula is C16H17NO2. The van der Waals surface area contributed by atoms with Gasteiger partial charge in [0.1, 0.15) is 0 Å². The second-order valence-corrected chi connectivity index (χ2v) is 4.86. The number of ether oxygens (including phenoxy) is 1. The van der Waals surface area contributed by atoms with Gasteiger partial charge in [0.05, 0.1) is 5.69 Å². The van der Waals surface area contributed by atoms with Crippen LogP contribution in [0.4, 0.5) is 5.69 Å². The molecule has 0 spiro atoms. The number of para-hydroxylation sites is 1. The second-order valence-electron chi connectivity index (χ2n) is 4.86. The molecule has 1 fully saturated rings. The molecule has 2 aromatic carbocycles. The molecule has 1 heterocycles. The zero-order valence-corrected chi connectivity index (χ0v) is 11.0. The maximum Gasteiger partial charge on any atom is 0.176 e. The van der Waals surface area contributed by atoms with Gasteiger partial charge < -0.3 is 4.74 Å². The van der Waals surface area contributed by atoms with Gasteiger partial charge in [0, 0.05) is 6.42 Å². The topological polar surface area (TPSA) is 21.7 Å². The fourth-order valence-electron chi connectivity index (χ4n) is 2.41. The summed E-state index contributed by atoms with van der Waals surface area (Å²) in [5.41, 5.74) is 1.78. The minimum atomic E-state index is -0.470. The van der Waals surface area contributed by atoms with E-state index < -0.39 is 5.72 Å². The summed E-state index contributed by atoms with van der Waals surface area (Å²) in [7, 11) is 0. The molecule has 0 aromatic heterocycles. The summed E-state index contributed by atoms with van der Waals surface area (Å²) in [6.07, 6.45) is 0.780. The van der Waals surface area contributed by atoms with Crippen LogP contribution in [-0.4, -0.2) is 12.5 Å². The Kier molecular flexibility index (Phi) is 3.23. The normalized spacial score (nSPS) is 22.7. The zero-order chi connectivity index (χ0) is 13.1. The van der Waals surface area contributed by atoms with Gasteiger partial charge in [0.15, 0.2) is 12.5 Å². The SMILES string of the molecule is CC1(Cc2ccccc2)OCON1c1ccccc1. The minimum absolute atomic E-state index is 0.290. The van der Waals surface area contributed by atoms with Crippen molar-refractivity contribution in [3.8, 4) is 0 Å². The molecule has 19 heavy (non-hydrogen) atoms. The van der Waals surface area contributed by atoms with Crippen molar-refractivity contribution in [3.63, 3.8) is 0 Å². The third kappa shape index (κ3) is 2.48. The highest BCUT2D eigenvalue weighted by Crippen LogP contribution is 2.33. The van der Waals surface area contributed by atoms with E-state index in [-0.39, 0.29) is 6.79 Å². The number of hydrogen-bond acceptors (Lipinski definition) is 3. The Morgan fingerprint density at radius 2 is 1.63 bits per heavy atom. The van der Waals surface area contributed by atoms with E-state index in [2.05, 4.69) is 19.1 Å². The Labute approximate surface area is 113 Å². The lowest BCUT2D eigenvalue weighted by Crippen LogP contribution is -2.43. The van der Waals surface area contributed by atoms with E-state index in [9.17, 15) is 0 Å². The molecule has 0 bridgehead atoms. The van der Waals surface area contributed by atoms with Crippen LogP contribution in [0.3, 0.4) is 0 Å². The fourth-order valence-corrected chi connectivity index (χ4v) is 2.41. The number of hydrogen-bond donors (Lipinski definition) is 0. The summed E-state index contributed by atoms with van der Waals surface area (Å²) < 4.78 is 5.82. The van der Waals surface area contributed by atoms with Crippen molar-refractivity contribution in [2.75, 3.05) is 11.9 Å². The molecule has 3 rings (SSSR count). The number of rotatable bonds is 3. The molecule has 3 heteroatoms. The van der Waals surface area contributed by atoms with Gasteiger partial charge >= 0.3 is 0 Å². The van der Waals surface area contributed by atoms with E-state index in [4.69, 9.17) is 9.57 Å². The molecule has 1 aliphatic rings. The van der Waals surface area contributed by atoms with Crippen molar-refractivity contribution in [3.05, 3.63) is 66.2 Å². The Morgan fingerprint density at radius 3 is 2.32 bits per heavy atom. The van der Waals surface area contributed by atoms with Crippen molar-refractivity contribution < 1.29 is 9.57 Å². The van der Waals surface area contributed by atoms with E-state index in [0.717, 1.165) is 12.1 Å². The van der Waals surface area contributed by atoms with Crippen LogP contribution >= 0.6 is 0 Å². The standard InChI is InChI=1S/C16H17NO2/c1-16(12-14-8-4-2-5-9-14)17(19-13-18-16)15-10-6-3-7-11-15/h2-11H,12-13H2,1H3. The summed E-state index contributed by atoms with van der Waals surface area (Å²) in [4.78, 5) is 5.64. The molecule has 0 radical (unpaired) electrons. The summed E-state index contributed by atoms with van der Waals surface area (Å²) in [5.74, 6) is 0. The Bertz CT molecular complexity index is 529. The van der Waals surface area contributed by atoms with Crippen molar-refractivity contribution in [2.24, 2.45) is 0 Å². The lowest BCUT2D eigenvalue weighted by Gasteiger charge is -2.32. The minimum Gasteiger partial charge on any atom is -0.325 e. The van der Waals surface area contributed by atoms with E-state index in [0.29, 0.717) is 0 Å². The molecule has 98 valence electrons. The Hall–Kier alpha value is -1.84. The van der Waals surface area contributed by atoms with Crippen LogP contribution in [0.2, 0.25) is 0 Å². The quantitative estimate of drug-likeness (QED) is 0.839. The maximum absolute atomic E-state index is 5.82. The van der Waals surface area contributed by atoms with Gasteiger partial charge in [0.25, 0.3) is 0 Å². The maximum atomic E-state index is 5.82. The number of benzene rings is 2. The monoisotopic (exact) mass is 255 g/mol. The first-order chi connectivity index (χ1) is 9.28.